The predicted molar refractivity (Wildman–Crippen MR) is 72.3 cm³/mol. The zero-order chi connectivity index (χ0) is 13.7. The molecule has 0 aliphatic rings. The summed E-state index contributed by atoms with van der Waals surface area (Å²) in [6.07, 6.45) is 0. The third-order valence-electron chi connectivity index (χ3n) is 2.57. The summed E-state index contributed by atoms with van der Waals surface area (Å²) in [5, 5.41) is 5.69. The number of hydrogen-bond acceptors (Lipinski definition) is 4. The Kier molecular flexibility index (Phi) is 4.32. The van der Waals surface area contributed by atoms with Crippen LogP contribution >= 0.6 is 0 Å². The van der Waals surface area contributed by atoms with E-state index in [1.807, 2.05) is 0 Å². The standard InChI is InChI=1S/C12H16N4O3/c1-19-5-4-13-7-11(17)14-8-2-3-9-10(6-8)16-12(18)15-9/h2-3,6,13H,4-5,7H2,1H3,(H,14,17)(H2,15,16,18). The largest absolute Gasteiger partial charge is 0.383 e. The molecule has 0 bridgehead atoms. The molecule has 0 fully saturated rings. The van der Waals surface area contributed by atoms with Gasteiger partial charge in [0.2, 0.25) is 5.91 Å². The number of hydrogen-bond donors (Lipinski definition) is 4. The fourth-order valence-corrected chi connectivity index (χ4v) is 1.69. The second kappa shape index (κ2) is 6.17. The number of amides is 1. The van der Waals surface area contributed by atoms with Gasteiger partial charge in [0.1, 0.15) is 0 Å². The van der Waals surface area contributed by atoms with E-state index < -0.39 is 0 Å². The number of H-pyrrole nitrogens is 2. The van der Waals surface area contributed by atoms with Crippen molar-refractivity contribution in [1.29, 1.82) is 0 Å². The number of imidazole rings is 1. The molecule has 2 aromatic rings. The Balaban J connectivity index is 1.93. The maximum absolute atomic E-state index is 11.6. The number of anilines is 1. The van der Waals surface area contributed by atoms with Crippen LogP contribution in [0.4, 0.5) is 5.69 Å². The number of benzene rings is 1. The molecule has 2 rings (SSSR count). The highest BCUT2D eigenvalue weighted by molar-refractivity contribution is 5.94. The summed E-state index contributed by atoms with van der Waals surface area (Å²) in [6.45, 7) is 1.39. The van der Waals surface area contributed by atoms with Gasteiger partial charge in [0, 0.05) is 19.3 Å². The third kappa shape index (κ3) is 3.67. The first-order chi connectivity index (χ1) is 9.19. The van der Waals surface area contributed by atoms with Gasteiger partial charge in [-0.2, -0.15) is 0 Å². The first kappa shape index (κ1) is 13.3. The predicted octanol–water partition coefficient (Wildman–Crippen LogP) is 0.0307. The molecule has 19 heavy (non-hydrogen) atoms. The summed E-state index contributed by atoms with van der Waals surface area (Å²) in [5.74, 6) is -0.145. The van der Waals surface area contributed by atoms with Crippen molar-refractivity contribution in [1.82, 2.24) is 15.3 Å². The zero-order valence-electron chi connectivity index (χ0n) is 10.6. The molecule has 0 spiro atoms. The van der Waals surface area contributed by atoms with Gasteiger partial charge in [0.25, 0.3) is 0 Å². The lowest BCUT2D eigenvalue weighted by atomic mass is 10.2. The van der Waals surface area contributed by atoms with Gasteiger partial charge in [-0.15, -0.1) is 0 Å². The number of aromatic nitrogens is 2. The highest BCUT2D eigenvalue weighted by atomic mass is 16.5. The maximum Gasteiger partial charge on any atom is 0.323 e. The molecule has 0 atom stereocenters. The Hall–Kier alpha value is -2.12. The Morgan fingerprint density at radius 1 is 1.32 bits per heavy atom. The van der Waals surface area contributed by atoms with Crippen LogP contribution in [0.15, 0.2) is 23.0 Å². The minimum atomic E-state index is -0.264. The second-order valence-electron chi connectivity index (χ2n) is 4.06. The smallest absolute Gasteiger partial charge is 0.323 e. The number of fused-ring (bicyclic) bond motifs is 1. The molecule has 1 amide bonds. The molecule has 0 radical (unpaired) electrons. The topological polar surface area (TPSA) is 99.0 Å². The lowest BCUT2D eigenvalue weighted by Crippen LogP contribution is -2.30. The molecule has 0 saturated heterocycles. The summed E-state index contributed by atoms with van der Waals surface area (Å²) in [5.41, 5.74) is 1.75. The summed E-state index contributed by atoms with van der Waals surface area (Å²) in [6, 6.07) is 5.18. The number of carbonyl (C=O) groups excluding carboxylic acids is 1. The van der Waals surface area contributed by atoms with Crippen molar-refractivity contribution in [3.63, 3.8) is 0 Å². The van der Waals surface area contributed by atoms with Crippen LogP contribution in [0, 0.1) is 0 Å². The molecule has 0 aliphatic carbocycles. The van der Waals surface area contributed by atoms with Crippen molar-refractivity contribution in [2.45, 2.75) is 0 Å². The average Bonchev–Trinajstić information content (AvgIpc) is 2.74. The number of methoxy groups -OCH3 is 1. The van der Waals surface area contributed by atoms with E-state index in [1.165, 1.54) is 0 Å². The molecule has 0 aliphatic heterocycles. The monoisotopic (exact) mass is 264 g/mol. The molecular weight excluding hydrogens is 248 g/mol. The van der Waals surface area contributed by atoms with Crippen molar-refractivity contribution in [2.24, 2.45) is 0 Å². The van der Waals surface area contributed by atoms with E-state index in [9.17, 15) is 9.59 Å². The highest BCUT2D eigenvalue weighted by Crippen LogP contribution is 2.14. The molecular formula is C12H16N4O3. The fourth-order valence-electron chi connectivity index (χ4n) is 1.69. The molecule has 7 nitrogen and oxygen atoms in total. The molecule has 0 unspecified atom stereocenters. The average molecular weight is 264 g/mol. The van der Waals surface area contributed by atoms with Crippen LogP contribution in [-0.4, -0.2) is 42.7 Å². The fraction of sp³-hybridized carbons (Fsp3) is 0.333. The van der Waals surface area contributed by atoms with Crippen LogP contribution in [0.5, 0.6) is 0 Å². The van der Waals surface area contributed by atoms with Gasteiger partial charge >= 0.3 is 5.69 Å². The minimum absolute atomic E-state index is 0.145. The number of ether oxygens (including phenoxy) is 1. The summed E-state index contributed by atoms with van der Waals surface area (Å²) >= 11 is 0. The van der Waals surface area contributed by atoms with Crippen LogP contribution in [-0.2, 0) is 9.53 Å². The van der Waals surface area contributed by atoms with Crippen LogP contribution in [0.2, 0.25) is 0 Å². The number of carbonyl (C=O) groups is 1. The number of aromatic amines is 2. The molecule has 1 heterocycles. The molecule has 1 aromatic carbocycles. The quantitative estimate of drug-likeness (QED) is 0.553. The van der Waals surface area contributed by atoms with Gasteiger partial charge in [-0.3, -0.25) is 4.79 Å². The van der Waals surface area contributed by atoms with Crippen molar-refractivity contribution < 1.29 is 9.53 Å². The second-order valence-corrected chi connectivity index (χ2v) is 4.06. The minimum Gasteiger partial charge on any atom is -0.383 e. The van der Waals surface area contributed by atoms with Crippen molar-refractivity contribution in [3.05, 3.63) is 28.7 Å². The van der Waals surface area contributed by atoms with Crippen LogP contribution in [0.3, 0.4) is 0 Å². The lowest BCUT2D eigenvalue weighted by molar-refractivity contribution is -0.115. The van der Waals surface area contributed by atoms with Gasteiger partial charge in [-0.1, -0.05) is 0 Å². The van der Waals surface area contributed by atoms with E-state index in [0.29, 0.717) is 29.9 Å². The Labute approximate surface area is 109 Å². The third-order valence-corrected chi connectivity index (χ3v) is 2.57. The lowest BCUT2D eigenvalue weighted by Gasteiger charge is -2.06. The first-order valence-electron chi connectivity index (χ1n) is 5.90. The van der Waals surface area contributed by atoms with Gasteiger partial charge in [0.05, 0.1) is 24.2 Å². The van der Waals surface area contributed by atoms with Gasteiger partial charge in [-0.25, -0.2) is 4.79 Å². The van der Waals surface area contributed by atoms with Gasteiger partial charge < -0.3 is 25.3 Å². The Morgan fingerprint density at radius 2 is 2.11 bits per heavy atom. The van der Waals surface area contributed by atoms with E-state index in [0.717, 1.165) is 0 Å². The first-order valence-corrected chi connectivity index (χ1v) is 5.90. The SMILES string of the molecule is COCCNCC(=O)Nc1ccc2[nH]c(=O)[nH]c2c1. The van der Waals surface area contributed by atoms with E-state index in [1.54, 1.807) is 25.3 Å². The van der Waals surface area contributed by atoms with Crippen LogP contribution in [0.25, 0.3) is 11.0 Å². The molecule has 1 aromatic heterocycles. The Bertz CT molecular complexity index is 617. The molecule has 102 valence electrons. The van der Waals surface area contributed by atoms with Gasteiger partial charge in [-0.05, 0) is 18.2 Å². The summed E-state index contributed by atoms with van der Waals surface area (Å²) in [4.78, 5) is 28.0. The zero-order valence-corrected chi connectivity index (χ0v) is 10.6. The molecule has 0 saturated carbocycles. The molecule has 4 N–H and O–H groups in total. The normalized spacial score (nSPS) is 10.8. The number of rotatable bonds is 6. The van der Waals surface area contributed by atoms with Crippen molar-refractivity contribution in [3.8, 4) is 0 Å². The Morgan fingerprint density at radius 3 is 2.89 bits per heavy atom. The van der Waals surface area contributed by atoms with Crippen molar-refractivity contribution >= 4 is 22.6 Å². The van der Waals surface area contributed by atoms with E-state index in [4.69, 9.17) is 4.74 Å². The van der Waals surface area contributed by atoms with Crippen LogP contribution < -0.4 is 16.3 Å². The summed E-state index contributed by atoms with van der Waals surface area (Å²) < 4.78 is 4.86. The maximum atomic E-state index is 11.6. The van der Waals surface area contributed by atoms with E-state index in [2.05, 4.69) is 20.6 Å². The molecule has 7 heteroatoms. The van der Waals surface area contributed by atoms with Crippen LogP contribution in [0.1, 0.15) is 0 Å². The van der Waals surface area contributed by atoms with E-state index in [-0.39, 0.29) is 18.1 Å². The summed E-state index contributed by atoms with van der Waals surface area (Å²) in [7, 11) is 1.61. The number of nitrogens with one attached hydrogen (secondary N) is 4. The highest BCUT2D eigenvalue weighted by Gasteiger charge is 2.04. The van der Waals surface area contributed by atoms with E-state index >= 15 is 0 Å². The van der Waals surface area contributed by atoms with Crippen molar-refractivity contribution in [2.75, 3.05) is 32.1 Å². The van der Waals surface area contributed by atoms with Gasteiger partial charge in [0.15, 0.2) is 0 Å².